The first kappa shape index (κ1) is 18.7. The van der Waals surface area contributed by atoms with Crippen molar-refractivity contribution in [1.82, 2.24) is 5.32 Å². The zero-order valence-corrected chi connectivity index (χ0v) is 15.0. The SMILES string of the molecule is O=C(NCC(O)C(O)c1cccc(Cl)c1Br)OCc1ccccc1. The van der Waals surface area contributed by atoms with Crippen molar-refractivity contribution in [2.75, 3.05) is 6.54 Å². The molecule has 2 rings (SSSR count). The van der Waals surface area contributed by atoms with Crippen LogP contribution in [-0.4, -0.2) is 29.0 Å². The fourth-order valence-electron chi connectivity index (χ4n) is 2.03. The standard InChI is InChI=1S/C17H17BrClNO4/c18-15-12(7-4-8-13(15)19)16(22)14(21)9-20-17(23)24-10-11-5-2-1-3-6-11/h1-8,14,16,21-22H,9-10H2,(H,20,23). The summed E-state index contributed by atoms with van der Waals surface area (Å²) in [5, 5.41) is 23.1. The highest BCUT2D eigenvalue weighted by Crippen LogP contribution is 2.31. The lowest BCUT2D eigenvalue weighted by Crippen LogP contribution is -2.35. The van der Waals surface area contributed by atoms with Crippen LogP contribution in [0.4, 0.5) is 4.79 Å². The van der Waals surface area contributed by atoms with Crippen molar-refractivity contribution in [3.63, 3.8) is 0 Å². The van der Waals surface area contributed by atoms with Crippen molar-refractivity contribution in [2.24, 2.45) is 0 Å². The quantitative estimate of drug-likeness (QED) is 0.677. The minimum atomic E-state index is -1.20. The number of aliphatic hydroxyl groups excluding tert-OH is 2. The molecule has 128 valence electrons. The monoisotopic (exact) mass is 413 g/mol. The Morgan fingerprint density at radius 1 is 1.17 bits per heavy atom. The molecule has 1 amide bonds. The van der Waals surface area contributed by atoms with Crippen molar-refractivity contribution in [3.05, 3.63) is 69.2 Å². The van der Waals surface area contributed by atoms with Crippen molar-refractivity contribution < 1.29 is 19.7 Å². The highest BCUT2D eigenvalue weighted by Gasteiger charge is 2.22. The summed E-state index contributed by atoms with van der Waals surface area (Å²) in [7, 11) is 0. The molecule has 5 nitrogen and oxygen atoms in total. The fraction of sp³-hybridized carbons (Fsp3) is 0.235. The van der Waals surface area contributed by atoms with Gasteiger partial charge in [0, 0.05) is 11.0 Å². The van der Waals surface area contributed by atoms with E-state index in [1.165, 1.54) is 0 Å². The highest BCUT2D eigenvalue weighted by molar-refractivity contribution is 9.10. The summed E-state index contributed by atoms with van der Waals surface area (Å²) in [4.78, 5) is 11.6. The summed E-state index contributed by atoms with van der Waals surface area (Å²) in [5.74, 6) is 0. The Labute approximate surface area is 153 Å². The summed E-state index contributed by atoms with van der Waals surface area (Å²) in [6.07, 6.45) is -3.08. The molecule has 2 aromatic carbocycles. The number of hydrogen-bond donors (Lipinski definition) is 3. The van der Waals surface area contributed by atoms with E-state index >= 15 is 0 Å². The average Bonchev–Trinajstić information content (AvgIpc) is 2.60. The summed E-state index contributed by atoms with van der Waals surface area (Å²) in [6, 6.07) is 14.2. The van der Waals surface area contributed by atoms with Crippen LogP contribution >= 0.6 is 27.5 Å². The average molecular weight is 415 g/mol. The van der Waals surface area contributed by atoms with E-state index in [0.717, 1.165) is 5.56 Å². The topological polar surface area (TPSA) is 78.8 Å². The number of nitrogens with one attached hydrogen (secondary N) is 1. The maximum Gasteiger partial charge on any atom is 0.407 e. The Bertz CT molecular complexity index is 684. The van der Waals surface area contributed by atoms with Crippen molar-refractivity contribution in [1.29, 1.82) is 0 Å². The zero-order chi connectivity index (χ0) is 17.5. The second kappa shape index (κ2) is 9.03. The molecule has 0 aliphatic carbocycles. The number of ether oxygens (including phenoxy) is 1. The Kier molecular flexibility index (Phi) is 7.05. The van der Waals surface area contributed by atoms with E-state index in [-0.39, 0.29) is 13.2 Å². The van der Waals surface area contributed by atoms with E-state index in [2.05, 4.69) is 21.2 Å². The molecule has 0 heterocycles. The molecule has 7 heteroatoms. The van der Waals surface area contributed by atoms with Crippen LogP contribution in [0.2, 0.25) is 5.02 Å². The van der Waals surface area contributed by atoms with Gasteiger partial charge < -0.3 is 20.3 Å². The number of aliphatic hydroxyl groups is 2. The van der Waals surface area contributed by atoms with Crippen molar-refractivity contribution >= 4 is 33.6 Å². The molecule has 2 unspecified atom stereocenters. The van der Waals surface area contributed by atoms with Crippen molar-refractivity contribution in [3.8, 4) is 0 Å². The van der Waals surface area contributed by atoms with Crippen LogP contribution in [0.5, 0.6) is 0 Å². The molecule has 0 radical (unpaired) electrons. The zero-order valence-electron chi connectivity index (χ0n) is 12.7. The molecule has 0 spiro atoms. The van der Waals surface area contributed by atoms with E-state index in [9.17, 15) is 15.0 Å². The summed E-state index contributed by atoms with van der Waals surface area (Å²) >= 11 is 9.22. The molecule has 0 saturated heterocycles. The second-order valence-corrected chi connectivity index (χ2v) is 6.30. The molecular weight excluding hydrogens is 398 g/mol. The van der Waals surface area contributed by atoms with E-state index in [1.54, 1.807) is 18.2 Å². The Hall–Kier alpha value is -1.60. The lowest BCUT2D eigenvalue weighted by Gasteiger charge is -2.20. The van der Waals surface area contributed by atoms with E-state index in [4.69, 9.17) is 16.3 Å². The largest absolute Gasteiger partial charge is 0.445 e. The Morgan fingerprint density at radius 3 is 2.58 bits per heavy atom. The van der Waals surface area contributed by atoms with Crippen LogP contribution in [-0.2, 0) is 11.3 Å². The molecule has 2 atom stereocenters. The van der Waals surface area contributed by atoms with Crippen LogP contribution in [0.15, 0.2) is 53.0 Å². The predicted octanol–water partition coefficient (Wildman–Crippen LogP) is 3.42. The van der Waals surface area contributed by atoms with Gasteiger partial charge in [-0.3, -0.25) is 0 Å². The summed E-state index contributed by atoms with van der Waals surface area (Å²) in [5.41, 5.74) is 1.30. The van der Waals surface area contributed by atoms with Crippen molar-refractivity contribution in [2.45, 2.75) is 18.8 Å². The molecule has 0 saturated carbocycles. The summed E-state index contributed by atoms with van der Waals surface area (Å²) in [6.45, 7) is -0.0289. The van der Waals surface area contributed by atoms with Gasteiger partial charge in [0.1, 0.15) is 18.8 Å². The number of benzene rings is 2. The smallest absolute Gasteiger partial charge is 0.407 e. The van der Waals surface area contributed by atoms with E-state index in [1.807, 2.05) is 30.3 Å². The van der Waals surface area contributed by atoms with Gasteiger partial charge in [-0.15, -0.1) is 0 Å². The van der Waals surface area contributed by atoms with Gasteiger partial charge in [0.05, 0.1) is 5.02 Å². The predicted molar refractivity (Wildman–Crippen MR) is 94.7 cm³/mol. The number of rotatable bonds is 6. The minimum absolute atomic E-state index is 0.130. The maximum atomic E-state index is 11.6. The molecule has 0 aliphatic heterocycles. The van der Waals surface area contributed by atoms with E-state index in [0.29, 0.717) is 15.1 Å². The molecule has 2 aromatic rings. The third-order valence-corrected chi connectivity index (χ3v) is 4.76. The first-order valence-corrected chi connectivity index (χ1v) is 8.40. The molecule has 0 bridgehead atoms. The molecule has 3 N–H and O–H groups in total. The van der Waals surface area contributed by atoms with Crippen LogP contribution in [0.1, 0.15) is 17.2 Å². The fourth-order valence-corrected chi connectivity index (χ4v) is 2.71. The van der Waals surface area contributed by atoms with Gasteiger partial charge in [0.15, 0.2) is 0 Å². The van der Waals surface area contributed by atoms with Crippen LogP contribution < -0.4 is 5.32 Å². The first-order chi connectivity index (χ1) is 11.5. The normalized spacial score (nSPS) is 13.2. The van der Waals surface area contributed by atoms with Gasteiger partial charge in [-0.1, -0.05) is 54.1 Å². The van der Waals surface area contributed by atoms with Gasteiger partial charge >= 0.3 is 6.09 Å². The van der Waals surface area contributed by atoms with Gasteiger partial charge in [-0.25, -0.2) is 4.79 Å². The lowest BCUT2D eigenvalue weighted by atomic mass is 10.0. The minimum Gasteiger partial charge on any atom is -0.445 e. The number of carbonyl (C=O) groups is 1. The lowest BCUT2D eigenvalue weighted by molar-refractivity contribution is 0.0180. The second-order valence-electron chi connectivity index (χ2n) is 5.10. The third kappa shape index (κ3) is 5.21. The molecule has 0 aromatic heterocycles. The first-order valence-electron chi connectivity index (χ1n) is 7.23. The number of hydrogen-bond acceptors (Lipinski definition) is 4. The van der Waals surface area contributed by atoms with E-state index < -0.39 is 18.3 Å². The highest BCUT2D eigenvalue weighted by atomic mass is 79.9. The third-order valence-electron chi connectivity index (χ3n) is 3.33. The van der Waals surface area contributed by atoms with Crippen LogP contribution in [0.3, 0.4) is 0 Å². The maximum absolute atomic E-state index is 11.6. The molecule has 24 heavy (non-hydrogen) atoms. The molecule has 0 fully saturated rings. The number of alkyl carbamates (subject to hydrolysis) is 1. The number of halogens is 2. The van der Waals surface area contributed by atoms with Gasteiger partial charge in [0.25, 0.3) is 0 Å². The number of amides is 1. The van der Waals surface area contributed by atoms with Gasteiger partial charge in [-0.05, 0) is 33.1 Å². The van der Waals surface area contributed by atoms with Gasteiger partial charge in [0.2, 0.25) is 0 Å². The molecule has 0 aliphatic rings. The number of carbonyl (C=O) groups excluding carboxylic acids is 1. The van der Waals surface area contributed by atoms with Crippen LogP contribution in [0.25, 0.3) is 0 Å². The van der Waals surface area contributed by atoms with Crippen LogP contribution in [0, 0.1) is 0 Å². The Morgan fingerprint density at radius 2 is 1.88 bits per heavy atom. The summed E-state index contributed by atoms with van der Waals surface area (Å²) < 4.78 is 5.54. The van der Waals surface area contributed by atoms with Gasteiger partial charge in [-0.2, -0.15) is 0 Å². The molecular formula is C17H17BrClNO4. The Balaban J connectivity index is 1.82.